The van der Waals surface area contributed by atoms with Crippen LogP contribution in [-0.2, 0) is 6.54 Å². The lowest BCUT2D eigenvalue weighted by Crippen LogP contribution is -2.24. The third-order valence-electron chi connectivity index (χ3n) is 3.35. The second-order valence-electron chi connectivity index (χ2n) is 5.38. The third kappa shape index (κ3) is 3.78. The maximum absolute atomic E-state index is 12.0. The first-order chi connectivity index (χ1) is 10.2. The number of nitrogens with zero attached hydrogens (tertiary/aromatic N) is 2. The predicted octanol–water partition coefficient (Wildman–Crippen LogP) is 2.29. The van der Waals surface area contributed by atoms with Gasteiger partial charge in [-0.15, -0.1) is 0 Å². The number of hydrogen-bond donors (Lipinski definition) is 2. The molecule has 1 saturated carbocycles. The van der Waals surface area contributed by atoms with Crippen LogP contribution in [0.5, 0.6) is 0 Å². The minimum atomic E-state index is -0.207. The molecule has 0 spiro atoms. The van der Waals surface area contributed by atoms with Gasteiger partial charge in [-0.1, -0.05) is 29.8 Å². The minimum absolute atomic E-state index is 0.207. The number of aryl methyl sites for hydroxylation is 1. The van der Waals surface area contributed by atoms with E-state index in [2.05, 4.69) is 26.7 Å². The lowest BCUT2D eigenvalue weighted by Gasteiger charge is -2.06. The highest BCUT2D eigenvalue weighted by atomic mass is 16.1. The van der Waals surface area contributed by atoms with E-state index in [1.807, 2.05) is 25.1 Å². The Kier molecular flexibility index (Phi) is 3.81. The molecule has 2 aromatic rings. The molecule has 5 heteroatoms. The Hall–Kier alpha value is -2.43. The first-order valence-electron chi connectivity index (χ1n) is 7.13. The van der Waals surface area contributed by atoms with Crippen molar-refractivity contribution in [3.63, 3.8) is 0 Å². The lowest BCUT2D eigenvalue weighted by atomic mass is 10.1. The van der Waals surface area contributed by atoms with Crippen LogP contribution >= 0.6 is 0 Å². The molecule has 0 aliphatic heterocycles. The van der Waals surface area contributed by atoms with Crippen molar-refractivity contribution in [2.45, 2.75) is 32.4 Å². The molecule has 21 heavy (non-hydrogen) atoms. The fraction of sp³-hybridized carbons (Fsp3) is 0.312. The monoisotopic (exact) mass is 282 g/mol. The molecule has 0 radical (unpaired) electrons. The van der Waals surface area contributed by atoms with Gasteiger partial charge in [0.2, 0.25) is 0 Å². The number of rotatable bonds is 5. The Labute approximate surface area is 123 Å². The van der Waals surface area contributed by atoms with E-state index in [0.717, 1.165) is 11.4 Å². The van der Waals surface area contributed by atoms with Gasteiger partial charge in [-0.05, 0) is 25.3 Å². The molecule has 0 atom stereocenters. The molecule has 1 aliphatic rings. The Balaban J connectivity index is 1.57. The van der Waals surface area contributed by atoms with Crippen LogP contribution in [0.4, 0.5) is 5.82 Å². The van der Waals surface area contributed by atoms with Crippen LogP contribution in [0.1, 0.15) is 34.5 Å². The Morgan fingerprint density at radius 1 is 1.29 bits per heavy atom. The molecule has 1 aliphatic carbocycles. The van der Waals surface area contributed by atoms with Crippen molar-refractivity contribution in [3.8, 4) is 0 Å². The highest BCUT2D eigenvalue weighted by Crippen LogP contribution is 2.23. The van der Waals surface area contributed by atoms with Crippen LogP contribution in [0.3, 0.4) is 0 Å². The average molecular weight is 282 g/mol. The molecule has 1 fully saturated rings. The van der Waals surface area contributed by atoms with Crippen molar-refractivity contribution >= 4 is 11.7 Å². The first kappa shape index (κ1) is 13.5. The number of carbonyl (C=O) groups is 1. The quantitative estimate of drug-likeness (QED) is 0.883. The minimum Gasteiger partial charge on any atom is -0.366 e. The van der Waals surface area contributed by atoms with E-state index in [9.17, 15) is 4.79 Å². The second kappa shape index (κ2) is 5.91. The SMILES string of the molecule is Cc1cccc(CNC(=O)c2cnc(NC3CC3)cn2)c1. The van der Waals surface area contributed by atoms with Crippen LogP contribution in [0, 0.1) is 6.92 Å². The van der Waals surface area contributed by atoms with Gasteiger partial charge in [0.1, 0.15) is 11.5 Å². The van der Waals surface area contributed by atoms with Crippen LogP contribution in [0.15, 0.2) is 36.7 Å². The van der Waals surface area contributed by atoms with Crippen LogP contribution in [0.2, 0.25) is 0 Å². The van der Waals surface area contributed by atoms with E-state index in [1.165, 1.54) is 24.6 Å². The Bertz CT molecular complexity index is 635. The normalized spacial score (nSPS) is 13.8. The standard InChI is InChI=1S/C16H18N4O/c1-11-3-2-4-12(7-11)8-19-16(21)14-9-18-15(10-17-14)20-13-5-6-13/h2-4,7,9-10,13H,5-6,8H2,1H3,(H,18,20)(H,19,21). The van der Waals surface area contributed by atoms with Crippen molar-refractivity contribution in [2.24, 2.45) is 0 Å². The van der Waals surface area contributed by atoms with E-state index >= 15 is 0 Å². The van der Waals surface area contributed by atoms with Gasteiger partial charge < -0.3 is 10.6 Å². The van der Waals surface area contributed by atoms with Crippen LogP contribution < -0.4 is 10.6 Å². The molecule has 1 amide bonds. The zero-order valence-electron chi connectivity index (χ0n) is 12.0. The summed E-state index contributed by atoms with van der Waals surface area (Å²) in [4.78, 5) is 20.4. The van der Waals surface area contributed by atoms with Crippen molar-refractivity contribution in [1.29, 1.82) is 0 Å². The molecule has 1 aromatic heterocycles. The summed E-state index contributed by atoms with van der Waals surface area (Å²) >= 11 is 0. The summed E-state index contributed by atoms with van der Waals surface area (Å²) in [5.74, 6) is 0.523. The zero-order chi connectivity index (χ0) is 14.7. The summed E-state index contributed by atoms with van der Waals surface area (Å²) in [5, 5.41) is 6.09. The Morgan fingerprint density at radius 2 is 2.14 bits per heavy atom. The largest absolute Gasteiger partial charge is 0.366 e. The summed E-state index contributed by atoms with van der Waals surface area (Å²) in [6.45, 7) is 2.52. The summed E-state index contributed by atoms with van der Waals surface area (Å²) < 4.78 is 0. The maximum atomic E-state index is 12.0. The highest BCUT2D eigenvalue weighted by Gasteiger charge is 2.21. The number of carbonyl (C=O) groups excluding carboxylic acids is 1. The first-order valence-corrected chi connectivity index (χ1v) is 7.13. The fourth-order valence-electron chi connectivity index (χ4n) is 2.05. The van der Waals surface area contributed by atoms with Gasteiger partial charge in [-0.3, -0.25) is 4.79 Å². The predicted molar refractivity (Wildman–Crippen MR) is 81.0 cm³/mol. The van der Waals surface area contributed by atoms with Gasteiger partial charge in [-0.25, -0.2) is 9.97 Å². The van der Waals surface area contributed by atoms with Gasteiger partial charge in [0.25, 0.3) is 5.91 Å². The van der Waals surface area contributed by atoms with Gasteiger partial charge in [0.05, 0.1) is 12.4 Å². The van der Waals surface area contributed by atoms with E-state index in [1.54, 1.807) is 6.20 Å². The molecular formula is C16H18N4O. The number of aromatic nitrogens is 2. The highest BCUT2D eigenvalue weighted by molar-refractivity contribution is 5.91. The van der Waals surface area contributed by atoms with Gasteiger partial charge >= 0.3 is 0 Å². The summed E-state index contributed by atoms with van der Waals surface area (Å²) in [6, 6.07) is 8.58. The number of amides is 1. The fourth-order valence-corrected chi connectivity index (χ4v) is 2.05. The summed E-state index contributed by atoms with van der Waals surface area (Å²) in [7, 11) is 0. The topological polar surface area (TPSA) is 66.9 Å². The van der Waals surface area contributed by atoms with Crippen LogP contribution in [-0.4, -0.2) is 21.9 Å². The molecule has 5 nitrogen and oxygen atoms in total. The van der Waals surface area contributed by atoms with Crippen molar-refractivity contribution < 1.29 is 4.79 Å². The van der Waals surface area contributed by atoms with Crippen molar-refractivity contribution in [2.75, 3.05) is 5.32 Å². The van der Waals surface area contributed by atoms with Crippen LogP contribution in [0.25, 0.3) is 0 Å². The summed E-state index contributed by atoms with van der Waals surface area (Å²) in [6.07, 6.45) is 5.48. The number of nitrogens with one attached hydrogen (secondary N) is 2. The molecule has 2 N–H and O–H groups in total. The molecular weight excluding hydrogens is 264 g/mol. The van der Waals surface area contributed by atoms with E-state index in [4.69, 9.17) is 0 Å². The van der Waals surface area contributed by atoms with Crippen molar-refractivity contribution in [3.05, 3.63) is 53.5 Å². The molecule has 0 bridgehead atoms. The maximum Gasteiger partial charge on any atom is 0.271 e. The summed E-state index contributed by atoms with van der Waals surface area (Å²) in [5.41, 5.74) is 2.59. The number of hydrogen-bond acceptors (Lipinski definition) is 4. The van der Waals surface area contributed by atoms with Gasteiger partial charge in [0.15, 0.2) is 0 Å². The van der Waals surface area contributed by atoms with Crippen molar-refractivity contribution in [1.82, 2.24) is 15.3 Å². The molecule has 108 valence electrons. The molecule has 3 rings (SSSR count). The molecule has 0 saturated heterocycles. The lowest BCUT2D eigenvalue weighted by molar-refractivity contribution is 0.0945. The molecule has 1 heterocycles. The third-order valence-corrected chi connectivity index (χ3v) is 3.35. The van der Waals surface area contributed by atoms with Gasteiger partial charge in [-0.2, -0.15) is 0 Å². The zero-order valence-corrected chi connectivity index (χ0v) is 12.0. The molecule has 0 unspecified atom stereocenters. The van der Waals surface area contributed by atoms with E-state index in [-0.39, 0.29) is 5.91 Å². The number of anilines is 1. The van der Waals surface area contributed by atoms with E-state index < -0.39 is 0 Å². The Morgan fingerprint density at radius 3 is 2.81 bits per heavy atom. The number of benzene rings is 1. The smallest absolute Gasteiger partial charge is 0.271 e. The van der Waals surface area contributed by atoms with Gasteiger partial charge in [0, 0.05) is 12.6 Å². The average Bonchev–Trinajstić information content (AvgIpc) is 3.30. The van der Waals surface area contributed by atoms with E-state index in [0.29, 0.717) is 18.3 Å². The molecule has 1 aromatic carbocycles. The second-order valence-corrected chi connectivity index (χ2v) is 5.38.